The largest absolute Gasteiger partial charge is 0.358 e. The Bertz CT molecular complexity index is 1190. The zero-order chi connectivity index (χ0) is 20.9. The van der Waals surface area contributed by atoms with Crippen LogP contribution in [0.3, 0.4) is 0 Å². The van der Waals surface area contributed by atoms with E-state index in [1.807, 2.05) is 42.5 Å². The number of rotatable bonds is 5. The molecule has 0 atom stereocenters. The van der Waals surface area contributed by atoms with Gasteiger partial charge in [-0.25, -0.2) is 9.97 Å². The summed E-state index contributed by atoms with van der Waals surface area (Å²) in [5.74, 6) is 0.764. The Hall–Kier alpha value is -3.51. The number of hydrogen-bond donors (Lipinski definition) is 3. The first-order chi connectivity index (χ1) is 14.6. The van der Waals surface area contributed by atoms with E-state index >= 15 is 0 Å². The molecular formula is C24H23N5S. The monoisotopic (exact) mass is 413 g/mol. The van der Waals surface area contributed by atoms with E-state index in [9.17, 15) is 0 Å². The highest BCUT2D eigenvalue weighted by molar-refractivity contribution is 7.80. The number of aryl methyl sites for hydroxylation is 1. The molecule has 0 saturated carbocycles. The van der Waals surface area contributed by atoms with Gasteiger partial charge in [0.15, 0.2) is 5.11 Å². The standard InChI is InChI=1S/C24H23N5S/c1-16-7-6-10-21(17(16)2)29-23-20-13-19(11-12-22(20)26-15-27-23)28-24(30)25-14-18-8-4-3-5-9-18/h3-13,15H,14H2,1-2H3,(H2,25,28,30)(H,26,27,29). The van der Waals surface area contributed by atoms with E-state index in [1.54, 1.807) is 6.33 Å². The van der Waals surface area contributed by atoms with Crippen molar-refractivity contribution in [2.75, 3.05) is 10.6 Å². The van der Waals surface area contributed by atoms with Crippen LogP contribution in [0, 0.1) is 13.8 Å². The predicted octanol–water partition coefficient (Wildman–Crippen LogP) is 5.48. The van der Waals surface area contributed by atoms with Crippen LogP contribution in [0.15, 0.2) is 73.1 Å². The number of fused-ring (bicyclic) bond motifs is 1. The van der Waals surface area contributed by atoms with Crippen molar-refractivity contribution < 1.29 is 0 Å². The minimum absolute atomic E-state index is 0.569. The topological polar surface area (TPSA) is 61.9 Å². The van der Waals surface area contributed by atoms with Gasteiger partial charge < -0.3 is 16.0 Å². The van der Waals surface area contributed by atoms with Gasteiger partial charge in [-0.15, -0.1) is 0 Å². The van der Waals surface area contributed by atoms with E-state index in [2.05, 4.69) is 64.0 Å². The van der Waals surface area contributed by atoms with Crippen LogP contribution in [0.2, 0.25) is 0 Å². The molecule has 0 aliphatic heterocycles. The van der Waals surface area contributed by atoms with Crippen molar-refractivity contribution in [3.05, 3.63) is 89.7 Å². The molecule has 0 aliphatic carbocycles. The molecule has 0 saturated heterocycles. The van der Waals surface area contributed by atoms with Crippen molar-refractivity contribution in [3.63, 3.8) is 0 Å². The molecule has 1 heterocycles. The van der Waals surface area contributed by atoms with Gasteiger partial charge in [-0.2, -0.15) is 0 Å². The Morgan fingerprint density at radius 3 is 2.60 bits per heavy atom. The van der Waals surface area contributed by atoms with Gasteiger partial charge in [0.2, 0.25) is 0 Å². The minimum Gasteiger partial charge on any atom is -0.358 e. The summed E-state index contributed by atoms with van der Waals surface area (Å²) in [6.45, 7) is 4.87. The molecule has 0 amide bonds. The van der Waals surface area contributed by atoms with Crippen molar-refractivity contribution >= 4 is 45.4 Å². The maximum atomic E-state index is 5.46. The SMILES string of the molecule is Cc1cccc(Nc2ncnc3ccc(NC(=S)NCc4ccccc4)cc23)c1C. The number of anilines is 3. The fourth-order valence-electron chi connectivity index (χ4n) is 3.20. The molecule has 5 nitrogen and oxygen atoms in total. The molecule has 30 heavy (non-hydrogen) atoms. The van der Waals surface area contributed by atoms with Gasteiger partial charge in [0.25, 0.3) is 0 Å². The van der Waals surface area contributed by atoms with Gasteiger partial charge in [-0.05, 0) is 67.0 Å². The zero-order valence-corrected chi connectivity index (χ0v) is 17.8. The Balaban J connectivity index is 1.53. The maximum absolute atomic E-state index is 5.46. The summed E-state index contributed by atoms with van der Waals surface area (Å²) in [5.41, 5.74) is 6.39. The Kier molecular flexibility index (Phi) is 5.86. The number of aromatic nitrogens is 2. The number of thiocarbonyl (C=S) groups is 1. The maximum Gasteiger partial charge on any atom is 0.171 e. The molecule has 0 fully saturated rings. The molecule has 0 spiro atoms. The normalized spacial score (nSPS) is 10.6. The Morgan fingerprint density at radius 1 is 0.933 bits per heavy atom. The fraction of sp³-hybridized carbons (Fsp3) is 0.125. The summed E-state index contributed by atoms with van der Waals surface area (Å²) in [5, 5.41) is 11.4. The number of hydrogen-bond acceptors (Lipinski definition) is 4. The molecular weight excluding hydrogens is 390 g/mol. The van der Waals surface area contributed by atoms with E-state index in [0.29, 0.717) is 11.7 Å². The molecule has 0 bridgehead atoms. The minimum atomic E-state index is 0.569. The van der Waals surface area contributed by atoms with Crippen molar-refractivity contribution in [1.82, 2.24) is 15.3 Å². The van der Waals surface area contributed by atoms with E-state index in [4.69, 9.17) is 12.2 Å². The Morgan fingerprint density at radius 2 is 1.77 bits per heavy atom. The first-order valence-corrected chi connectivity index (χ1v) is 10.2. The van der Waals surface area contributed by atoms with Crippen molar-refractivity contribution in [3.8, 4) is 0 Å². The molecule has 1 aromatic heterocycles. The fourth-order valence-corrected chi connectivity index (χ4v) is 3.39. The van der Waals surface area contributed by atoms with E-state index in [-0.39, 0.29) is 0 Å². The summed E-state index contributed by atoms with van der Waals surface area (Å²) < 4.78 is 0. The lowest BCUT2D eigenvalue weighted by Crippen LogP contribution is -2.27. The zero-order valence-electron chi connectivity index (χ0n) is 16.9. The second kappa shape index (κ2) is 8.88. The van der Waals surface area contributed by atoms with Crippen LogP contribution < -0.4 is 16.0 Å². The average molecular weight is 414 g/mol. The lowest BCUT2D eigenvalue weighted by atomic mass is 10.1. The van der Waals surface area contributed by atoms with Gasteiger partial charge in [-0.3, -0.25) is 0 Å². The lowest BCUT2D eigenvalue weighted by molar-refractivity contribution is 0.926. The quantitative estimate of drug-likeness (QED) is 0.377. The second-order valence-electron chi connectivity index (χ2n) is 7.12. The highest BCUT2D eigenvalue weighted by atomic mass is 32.1. The molecule has 4 aromatic rings. The summed E-state index contributed by atoms with van der Waals surface area (Å²) in [6, 6.07) is 22.3. The van der Waals surface area contributed by atoms with Crippen LogP contribution in [0.4, 0.5) is 17.2 Å². The van der Waals surface area contributed by atoms with Gasteiger partial charge in [0, 0.05) is 23.3 Å². The third-order valence-electron chi connectivity index (χ3n) is 5.05. The van der Waals surface area contributed by atoms with Crippen molar-refractivity contribution in [2.45, 2.75) is 20.4 Å². The van der Waals surface area contributed by atoms with Crippen LogP contribution in [-0.2, 0) is 6.54 Å². The summed E-state index contributed by atoms with van der Waals surface area (Å²) in [7, 11) is 0. The first kappa shape index (κ1) is 19.8. The molecule has 0 radical (unpaired) electrons. The highest BCUT2D eigenvalue weighted by Gasteiger charge is 2.08. The predicted molar refractivity (Wildman–Crippen MR) is 128 cm³/mol. The molecule has 3 aromatic carbocycles. The molecule has 6 heteroatoms. The number of benzene rings is 3. The third-order valence-corrected chi connectivity index (χ3v) is 5.29. The molecule has 0 unspecified atom stereocenters. The molecule has 3 N–H and O–H groups in total. The third kappa shape index (κ3) is 4.55. The van der Waals surface area contributed by atoms with Gasteiger partial charge in [-0.1, -0.05) is 42.5 Å². The van der Waals surface area contributed by atoms with Gasteiger partial charge in [0.1, 0.15) is 12.1 Å². The lowest BCUT2D eigenvalue weighted by Gasteiger charge is -2.14. The van der Waals surface area contributed by atoms with E-state index < -0.39 is 0 Å². The molecule has 4 rings (SSSR count). The molecule has 0 aliphatic rings. The van der Waals surface area contributed by atoms with Crippen LogP contribution in [0.5, 0.6) is 0 Å². The van der Waals surface area contributed by atoms with Gasteiger partial charge in [0.05, 0.1) is 5.52 Å². The first-order valence-electron chi connectivity index (χ1n) is 9.77. The van der Waals surface area contributed by atoms with Crippen molar-refractivity contribution in [2.24, 2.45) is 0 Å². The van der Waals surface area contributed by atoms with Crippen molar-refractivity contribution in [1.29, 1.82) is 0 Å². The average Bonchev–Trinajstić information content (AvgIpc) is 2.76. The van der Waals surface area contributed by atoms with Gasteiger partial charge >= 0.3 is 0 Å². The van der Waals surface area contributed by atoms with E-state index in [1.165, 1.54) is 16.7 Å². The molecule has 150 valence electrons. The van der Waals surface area contributed by atoms with Crippen LogP contribution in [0.25, 0.3) is 10.9 Å². The smallest absolute Gasteiger partial charge is 0.171 e. The van der Waals surface area contributed by atoms with E-state index in [0.717, 1.165) is 28.1 Å². The van der Waals surface area contributed by atoms with Crippen LogP contribution >= 0.6 is 12.2 Å². The summed E-state index contributed by atoms with van der Waals surface area (Å²) in [6.07, 6.45) is 1.58. The highest BCUT2D eigenvalue weighted by Crippen LogP contribution is 2.28. The summed E-state index contributed by atoms with van der Waals surface area (Å²) >= 11 is 5.46. The number of nitrogens with zero attached hydrogens (tertiary/aromatic N) is 2. The summed E-state index contributed by atoms with van der Waals surface area (Å²) in [4.78, 5) is 8.86. The van der Waals surface area contributed by atoms with Crippen LogP contribution in [0.1, 0.15) is 16.7 Å². The Labute approximate surface area is 181 Å². The second-order valence-corrected chi connectivity index (χ2v) is 7.53. The van der Waals surface area contributed by atoms with Crippen LogP contribution in [-0.4, -0.2) is 15.1 Å². The number of nitrogens with one attached hydrogen (secondary N) is 3.